The average molecular weight is 369 g/mol. The number of nitrogens with zero attached hydrogens (tertiary/aromatic N) is 3. The Morgan fingerprint density at radius 3 is 2.62 bits per heavy atom. The number of methoxy groups -OCH3 is 2. The summed E-state index contributed by atoms with van der Waals surface area (Å²) in [5.74, 6) is 0.778. The maximum atomic E-state index is 5.76. The summed E-state index contributed by atoms with van der Waals surface area (Å²) < 4.78 is 12.4. The van der Waals surface area contributed by atoms with Crippen molar-refractivity contribution in [3.63, 3.8) is 0 Å². The fourth-order valence-corrected chi connectivity index (χ4v) is 3.71. The normalized spacial score (nSPS) is 11.7. The number of pyridine rings is 1. The topological polar surface area (TPSA) is 86.7 Å². The molecule has 1 aromatic carbocycles. The van der Waals surface area contributed by atoms with Gasteiger partial charge in [-0.1, -0.05) is 23.5 Å². The standard InChI is InChI=1S/C18H19N5O2S/c1-24-16(25-2)9-20-15-8-7-14-17(22-15)26-18-21-13(10-23(14)18)11-3-5-12(19)6-4-11/h3-8,10,16H,9,19H2,1-2H3,(H,20,22). The minimum atomic E-state index is -0.310. The highest BCUT2D eigenvalue weighted by atomic mass is 32.1. The van der Waals surface area contributed by atoms with E-state index < -0.39 is 0 Å². The quantitative estimate of drug-likeness (QED) is 0.401. The van der Waals surface area contributed by atoms with Crippen LogP contribution in [-0.2, 0) is 9.47 Å². The van der Waals surface area contributed by atoms with Gasteiger partial charge in [0.1, 0.15) is 10.6 Å². The van der Waals surface area contributed by atoms with Gasteiger partial charge in [0.25, 0.3) is 0 Å². The van der Waals surface area contributed by atoms with Crippen molar-refractivity contribution >= 4 is 38.2 Å². The number of aromatic nitrogens is 3. The number of rotatable bonds is 6. The first kappa shape index (κ1) is 16.8. The van der Waals surface area contributed by atoms with Crippen molar-refractivity contribution in [2.75, 3.05) is 31.8 Å². The van der Waals surface area contributed by atoms with Gasteiger partial charge in [-0.2, -0.15) is 0 Å². The van der Waals surface area contributed by atoms with E-state index >= 15 is 0 Å². The number of benzene rings is 1. The van der Waals surface area contributed by atoms with E-state index in [0.29, 0.717) is 6.54 Å². The van der Waals surface area contributed by atoms with Crippen LogP contribution in [0.25, 0.3) is 26.6 Å². The van der Waals surface area contributed by atoms with Crippen molar-refractivity contribution in [3.05, 3.63) is 42.6 Å². The molecule has 134 valence electrons. The maximum absolute atomic E-state index is 5.76. The molecule has 4 aromatic rings. The number of nitrogens with two attached hydrogens (primary N) is 1. The number of nitrogens with one attached hydrogen (secondary N) is 1. The predicted molar refractivity (Wildman–Crippen MR) is 105 cm³/mol. The fourth-order valence-electron chi connectivity index (χ4n) is 2.73. The second kappa shape index (κ2) is 6.91. The summed E-state index contributed by atoms with van der Waals surface area (Å²) in [5, 5.41) is 3.22. The van der Waals surface area contributed by atoms with E-state index in [9.17, 15) is 0 Å². The Morgan fingerprint density at radius 1 is 1.12 bits per heavy atom. The van der Waals surface area contributed by atoms with Gasteiger partial charge in [0, 0.05) is 31.7 Å². The number of imidazole rings is 1. The minimum Gasteiger partial charge on any atom is -0.399 e. The Morgan fingerprint density at radius 2 is 1.88 bits per heavy atom. The number of fused-ring (bicyclic) bond motifs is 3. The van der Waals surface area contributed by atoms with Crippen LogP contribution in [0.15, 0.2) is 42.6 Å². The molecule has 26 heavy (non-hydrogen) atoms. The van der Waals surface area contributed by atoms with E-state index in [4.69, 9.17) is 20.2 Å². The van der Waals surface area contributed by atoms with Crippen molar-refractivity contribution in [2.45, 2.75) is 6.29 Å². The van der Waals surface area contributed by atoms with Gasteiger partial charge >= 0.3 is 0 Å². The summed E-state index contributed by atoms with van der Waals surface area (Å²) in [6.07, 6.45) is 1.72. The second-order valence-electron chi connectivity index (χ2n) is 5.81. The van der Waals surface area contributed by atoms with Crippen molar-refractivity contribution in [1.82, 2.24) is 14.4 Å². The number of anilines is 2. The van der Waals surface area contributed by atoms with Gasteiger partial charge in [-0.05, 0) is 24.3 Å². The average Bonchev–Trinajstić information content (AvgIpc) is 3.20. The van der Waals surface area contributed by atoms with Gasteiger partial charge in [0.15, 0.2) is 11.3 Å². The van der Waals surface area contributed by atoms with Crippen molar-refractivity contribution in [2.24, 2.45) is 0 Å². The monoisotopic (exact) mass is 369 g/mol. The van der Waals surface area contributed by atoms with Crippen LogP contribution in [0.4, 0.5) is 11.5 Å². The molecule has 0 unspecified atom stereocenters. The number of hydrogen-bond donors (Lipinski definition) is 2. The van der Waals surface area contributed by atoms with Crippen LogP contribution in [0, 0.1) is 0 Å². The lowest BCUT2D eigenvalue weighted by molar-refractivity contribution is -0.0914. The van der Waals surface area contributed by atoms with E-state index in [1.165, 1.54) is 0 Å². The van der Waals surface area contributed by atoms with E-state index in [1.54, 1.807) is 25.6 Å². The van der Waals surface area contributed by atoms with Gasteiger partial charge in [-0.15, -0.1) is 0 Å². The van der Waals surface area contributed by atoms with Gasteiger partial charge in [0.05, 0.1) is 17.8 Å². The number of thiazole rings is 1. The smallest absolute Gasteiger partial charge is 0.196 e. The van der Waals surface area contributed by atoms with Crippen LogP contribution in [0.3, 0.4) is 0 Å². The van der Waals surface area contributed by atoms with E-state index in [2.05, 4.69) is 14.7 Å². The molecule has 0 aliphatic rings. The van der Waals surface area contributed by atoms with Crippen molar-refractivity contribution in [3.8, 4) is 11.3 Å². The highest BCUT2D eigenvalue weighted by Gasteiger charge is 2.12. The Balaban J connectivity index is 1.63. The SMILES string of the molecule is COC(CNc1ccc2c(n1)sc1nc(-c3ccc(N)cc3)cn12)OC. The zero-order valence-electron chi connectivity index (χ0n) is 14.5. The summed E-state index contributed by atoms with van der Waals surface area (Å²) in [7, 11) is 3.22. The first-order valence-electron chi connectivity index (χ1n) is 8.12. The Bertz CT molecular complexity index is 1040. The zero-order valence-corrected chi connectivity index (χ0v) is 15.3. The molecule has 3 aromatic heterocycles. The number of hydrogen-bond acceptors (Lipinski definition) is 7. The van der Waals surface area contributed by atoms with Gasteiger partial charge in [-0.3, -0.25) is 4.40 Å². The molecule has 0 spiro atoms. The number of ether oxygens (including phenoxy) is 2. The summed E-state index contributed by atoms with van der Waals surface area (Å²) in [6, 6.07) is 11.7. The van der Waals surface area contributed by atoms with Crippen molar-refractivity contribution < 1.29 is 9.47 Å². The summed E-state index contributed by atoms with van der Waals surface area (Å²) in [6.45, 7) is 0.523. The van der Waals surface area contributed by atoms with Crippen LogP contribution in [0.2, 0.25) is 0 Å². The second-order valence-corrected chi connectivity index (χ2v) is 6.76. The van der Waals surface area contributed by atoms with Crippen LogP contribution in [-0.4, -0.2) is 41.4 Å². The molecule has 0 amide bonds. The Hall–Kier alpha value is -2.68. The van der Waals surface area contributed by atoms with Gasteiger partial charge in [-0.25, -0.2) is 9.97 Å². The largest absolute Gasteiger partial charge is 0.399 e. The van der Waals surface area contributed by atoms with Crippen LogP contribution < -0.4 is 11.1 Å². The first-order valence-corrected chi connectivity index (χ1v) is 8.93. The molecule has 4 rings (SSSR count). The molecule has 0 saturated heterocycles. The predicted octanol–water partition coefficient (Wildman–Crippen LogP) is 3.22. The summed E-state index contributed by atoms with van der Waals surface area (Å²) in [5.41, 5.74) is 9.49. The van der Waals surface area contributed by atoms with Crippen molar-refractivity contribution in [1.29, 1.82) is 0 Å². The molecule has 0 bridgehead atoms. The van der Waals surface area contributed by atoms with E-state index in [1.807, 2.05) is 42.6 Å². The lowest BCUT2D eigenvalue weighted by Gasteiger charge is -2.14. The summed E-state index contributed by atoms with van der Waals surface area (Å²) >= 11 is 1.55. The number of nitrogen functional groups attached to an aromatic ring is 1. The van der Waals surface area contributed by atoms with Gasteiger partial charge < -0.3 is 20.5 Å². The van der Waals surface area contributed by atoms with Crippen LogP contribution in [0.1, 0.15) is 0 Å². The lowest BCUT2D eigenvalue weighted by Crippen LogP contribution is -2.23. The zero-order chi connectivity index (χ0) is 18.1. The molecule has 0 aliphatic heterocycles. The fraction of sp³-hybridized carbons (Fsp3) is 0.222. The van der Waals surface area contributed by atoms with E-state index in [-0.39, 0.29) is 6.29 Å². The third kappa shape index (κ3) is 3.10. The molecule has 0 saturated carbocycles. The molecule has 8 heteroatoms. The molecule has 0 radical (unpaired) electrons. The molecule has 0 fully saturated rings. The van der Waals surface area contributed by atoms with Gasteiger partial charge in [0.2, 0.25) is 0 Å². The molecular weight excluding hydrogens is 350 g/mol. The lowest BCUT2D eigenvalue weighted by atomic mass is 10.1. The highest BCUT2D eigenvalue weighted by molar-refractivity contribution is 7.23. The Labute approximate surface area is 154 Å². The highest BCUT2D eigenvalue weighted by Crippen LogP contribution is 2.29. The molecule has 3 N–H and O–H groups in total. The third-order valence-corrected chi connectivity index (χ3v) is 5.11. The molecule has 7 nitrogen and oxygen atoms in total. The molecule has 0 atom stereocenters. The first-order chi connectivity index (χ1) is 12.7. The van der Waals surface area contributed by atoms with Crippen LogP contribution in [0.5, 0.6) is 0 Å². The van der Waals surface area contributed by atoms with Crippen LogP contribution >= 0.6 is 11.3 Å². The third-order valence-electron chi connectivity index (χ3n) is 4.14. The minimum absolute atomic E-state index is 0.310. The molecule has 0 aliphatic carbocycles. The molecule has 3 heterocycles. The van der Waals surface area contributed by atoms with E-state index in [0.717, 1.165) is 38.1 Å². The maximum Gasteiger partial charge on any atom is 0.196 e. The molecular formula is C18H19N5O2S. The summed E-state index contributed by atoms with van der Waals surface area (Å²) in [4.78, 5) is 11.2. The Kier molecular flexibility index (Phi) is 4.46.